The first-order valence-corrected chi connectivity index (χ1v) is 7.12. The molecule has 94 valence electrons. The lowest BCUT2D eigenvalue weighted by atomic mass is 10.1. The highest BCUT2D eigenvalue weighted by Gasteiger charge is 2.11. The Labute approximate surface area is 111 Å². The second kappa shape index (κ2) is 5.18. The molecule has 2 aromatic rings. The highest BCUT2D eigenvalue weighted by molar-refractivity contribution is 7.07. The molecule has 0 radical (unpaired) electrons. The number of hydrogen-bond donors (Lipinski definition) is 1. The molecule has 1 aromatic heterocycles. The van der Waals surface area contributed by atoms with Gasteiger partial charge in [0.2, 0.25) is 0 Å². The Morgan fingerprint density at radius 3 is 3.00 bits per heavy atom. The molecule has 0 atom stereocenters. The summed E-state index contributed by atoms with van der Waals surface area (Å²) in [6.45, 7) is 3.92. The Hall–Kier alpha value is -1.23. The largest absolute Gasteiger partial charge is 0.309 e. The molecule has 0 unspecified atom stereocenters. The Morgan fingerprint density at radius 1 is 1.28 bits per heavy atom. The van der Waals surface area contributed by atoms with Crippen LogP contribution in [0, 0.1) is 0 Å². The second-order valence-electron chi connectivity index (χ2n) is 4.86. The summed E-state index contributed by atoms with van der Waals surface area (Å²) in [5.74, 6) is 0. The van der Waals surface area contributed by atoms with Crippen LogP contribution in [0.3, 0.4) is 0 Å². The van der Waals surface area contributed by atoms with Crippen molar-refractivity contribution in [3.8, 4) is 0 Å². The van der Waals surface area contributed by atoms with Crippen molar-refractivity contribution in [2.75, 3.05) is 7.05 Å². The van der Waals surface area contributed by atoms with E-state index in [1.54, 1.807) is 11.3 Å². The summed E-state index contributed by atoms with van der Waals surface area (Å²) in [6, 6.07) is 6.82. The van der Waals surface area contributed by atoms with Crippen molar-refractivity contribution in [2.24, 2.45) is 0 Å². The second-order valence-corrected chi connectivity index (χ2v) is 5.58. The molecular formula is C14H17N3S. The average Bonchev–Trinajstić information content (AvgIpc) is 2.98. The monoisotopic (exact) mass is 259 g/mol. The molecule has 0 aliphatic carbocycles. The Balaban J connectivity index is 1.65. The molecule has 0 fully saturated rings. The first kappa shape index (κ1) is 11.8. The number of thiazole rings is 1. The molecule has 1 N–H and O–H groups in total. The molecular weight excluding hydrogens is 242 g/mol. The summed E-state index contributed by atoms with van der Waals surface area (Å²) in [6.07, 6.45) is 0. The minimum Gasteiger partial charge on any atom is -0.309 e. The maximum absolute atomic E-state index is 4.32. The molecule has 0 saturated heterocycles. The highest BCUT2D eigenvalue weighted by Crippen LogP contribution is 2.18. The van der Waals surface area contributed by atoms with Gasteiger partial charge < -0.3 is 5.32 Å². The highest BCUT2D eigenvalue weighted by atomic mass is 32.1. The van der Waals surface area contributed by atoms with Gasteiger partial charge in [-0.15, -0.1) is 11.3 Å². The lowest BCUT2D eigenvalue weighted by Crippen LogP contribution is -2.17. The summed E-state index contributed by atoms with van der Waals surface area (Å²) in [7, 11) is 2.14. The molecule has 1 aliphatic heterocycles. The van der Waals surface area contributed by atoms with E-state index in [9.17, 15) is 0 Å². The van der Waals surface area contributed by atoms with Crippen molar-refractivity contribution in [3.05, 3.63) is 51.5 Å². The molecule has 3 nitrogen and oxygen atoms in total. The number of benzene rings is 1. The van der Waals surface area contributed by atoms with Crippen molar-refractivity contribution < 1.29 is 0 Å². The standard InChI is InChI=1S/C14H17N3S/c1-17(8-14-9-18-10-16-14)7-11-2-3-12-5-15-6-13(12)4-11/h2-4,9-10,15H,5-8H2,1H3. The molecule has 18 heavy (non-hydrogen) atoms. The lowest BCUT2D eigenvalue weighted by molar-refractivity contribution is 0.315. The first-order chi connectivity index (χ1) is 8.81. The van der Waals surface area contributed by atoms with Crippen molar-refractivity contribution in [3.63, 3.8) is 0 Å². The summed E-state index contributed by atoms with van der Waals surface area (Å²) < 4.78 is 0. The van der Waals surface area contributed by atoms with E-state index in [0.29, 0.717) is 0 Å². The fourth-order valence-electron chi connectivity index (χ4n) is 2.41. The Kier molecular flexibility index (Phi) is 3.41. The van der Waals surface area contributed by atoms with Crippen LogP contribution in [0.2, 0.25) is 0 Å². The minimum atomic E-state index is 0.916. The van der Waals surface area contributed by atoms with Crippen LogP contribution in [0.5, 0.6) is 0 Å². The molecule has 1 aromatic carbocycles. The van der Waals surface area contributed by atoms with Gasteiger partial charge in [0.15, 0.2) is 0 Å². The fourth-order valence-corrected chi connectivity index (χ4v) is 2.96. The topological polar surface area (TPSA) is 28.2 Å². The van der Waals surface area contributed by atoms with Gasteiger partial charge in [-0.2, -0.15) is 0 Å². The van der Waals surface area contributed by atoms with Crippen LogP contribution in [-0.2, 0) is 26.2 Å². The van der Waals surface area contributed by atoms with E-state index in [0.717, 1.165) is 31.9 Å². The van der Waals surface area contributed by atoms with Crippen molar-refractivity contribution >= 4 is 11.3 Å². The summed E-state index contributed by atoms with van der Waals surface area (Å²) in [4.78, 5) is 6.63. The van der Waals surface area contributed by atoms with Gasteiger partial charge in [-0.1, -0.05) is 18.2 Å². The van der Waals surface area contributed by atoms with Gasteiger partial charge in [-0.3, -0.25) is 4.90 Å². The first-order valence-electron chi connectivity index (χ1n) is 6.18. The molecule has 2 heterocycles. The third-order valence-corrected chi connectivity index (χ3v) is 3.90. The zero-order valence-electron chi connectivity index (χ0n) is 10.5. The summed E-state index contributed by atoms with van der Waals surface area (Å²) in [5.41, 5.74) is 7.33. The number of nitrogens with zero attached hydrogens (tertiary/aromatic N) is 2. The quantitative estimate of drug-likeness (QED) is 0.913. The average molecular weight is 259 g/mol. The fraction of sp³-hybridized carbons (Fsp3) is 0.357. The smallest absolute Gasteiger partial charge is 0.0795 e. The normalized spacial score (nSPS) is 14.1. The Bertz CT molecular complexity index is 522. The SMILES string of the molecule is CN(Cc1ccc2c(c1)CNC2)Cc1cscn1. The maximum atomic E-state index is 4.32. The van der Waals surface area contributed by atoms with Crippen molar-refractivity contribution in [1.29, 1.82) is 0 Å². The van der Waals surface area contributed by atoms with E-state index in [1.807, 2.05) is 5.51 Å². The molecule has 0 saturated carbocycles. The number of aromatic nitrogens is 1. The predicted molar refractivity (Wildman–Crippen MR) is 74.3 cm³/mol. The zero-order chi connectivity index (χ0) is 12.4. The molecule has 0 bridgehead atoms. The molecule has 4 heteroatoms. The summed E-state index contributed by atoms with van der Waals surface area (Å²) in [5, 5.41) is 5.50. The minimum absolute atomic E-state index is 0.916. The van der Waals surface area contributed by atoms with E-state index >= 15 is 0 Å². The van der Waals surface area contributed by atoms with Crippen LogP contribution in [-0.4, -0.2) is 16.9 Å². The Morgan fingerprint density at radius 2 is 2.17 bits per heavy atom. The molecule has 0 amide bonds. The van der Waals surface area contributed by atoms with Crippen LogP contribution in [0.4, 0.5) is 0 Å². The van der Waals surface area contributed by atoms with Crippen LogP contribution < -0.4 is 5.32 Å². The number of fused-ring (bicyclic) bond motifs is 1. The molecule has 3 rings (SSSR count). The van der Waals surface area contributed by atoms with Gasteiger partial charge in [-0.05, 0) is 23.7 Å². The van der Waals surface area contributed by atoms with Crippen LogP contribution in [0.25, 0.3) is 0 Å². The number of hydrogen-bond acceptors (Lipinski definition) is 4. The van der Waals surface area contributed by atoms with Crippen LogP contribution >= 0.6 is 11.3 Å². The van der Waals surface area contributed by atoms with Crippen LogP contribution in [0.1, 0.15) is 22.4 Å². The number of rotatable bonds is 4. The van der Waals surface area contributed by atoms with Gasteiger partial charge in [0.05, 0.1) is 11.2 Å². The van der Waals surface area contributed by atoms with Gasteiger partial charge >= 0.3 is 0 Å². The van der Waals surface area contributed by atoms with E-state index in [4.69, 9.17) is 0 Å². The van der Waals surface area contributed by atoms with E-state index in [1.165, 1.54) is 16.7 Å². The molecule has 0 spiro atoms. The van der Waals surface area contributed by atoms with Gasteiger partial charge in [0.1, 0.15) is 0 Å². The van der Waals surface area contributed by atoms with E-state index < -0.39 is 0 Å². The van der Waals surface area contributed by atoms with Gasteiger partial charge in [0, 0.05) is 31.6 Å². The summed E-state index contributed by atoms with van der Waals surface area (Å²) >= 11 is 1.66. The maximum Gasteiger partial charge on any atom is 0.0795 e. The van der Waals surface area contributed by atoms with Crippen molar-refractivity contribution in [1.82, 2.24) is 15.2 Å². The lowest BCUT2D eigenvalue weighted by Gasteiger charge is -2.16. The zero-order valence-corrected chi connectivity index (χ0v) is 11.3. The third-order valence-electron chi connectivity index (χ3n) is 3.27. The van der Waals surface area contributed by atoms with E-state index in [2.05, 4.69) is 45.8 Å². The van der Waals surface area contributed by atoms with Gasteiger partial charge in [0.25, 0.3) is 0 Å². The molecule has 1 aliphatic rings. The predicted octanol–water partition coefficient (Wildman–Crippen LogP) is 2.38. The van der Waals surface area contributed by atoms with Gasteiger partial charge in [-0.25, -0.2) is 4.98 Å². The number of nitrogens with one attached hydrogen (secondary N) is 1. The van der Waals surface area contributed by atoms with E-state index in [-0.39, 0.29) is 0 Å². The third kappa shape index (κ3) is 2.61. The van der Waals surface area contributed by atoms with Crippen molar-refractivity contribution in [2.45, 2.75) is 26.2 Å². The van der Waals surface area contributed by atoms with Crippen LogP contribution in [0.15, 0.2) is 29.1 Å².